The Hall–Kier alpha value is -0.160. The molecule has 2 fully saturated rings. The molecule has 0 spiro atoms. The lowest BCUT2D eigenvalue weighted by Crippen LogP contribution is -2.60. The van der Waals surface area contributed by atoms with Gasteiger partial charge in [0.25, 0.3) is 0 Å². The van der Waals surface area contributed by atoms with E-state index in [0.717, 1.165) is 13.0 Å². The van der Waals surface area contributed by atoms with Gasteiger partial charge < -0.3 is 11.5 Å². The van der Waals surface area contributed by atoms with Gasteiger partial charge in [0.1, 0.15) is 0 Å². The normalized spacial score (nSPS) is 21.0. The lowest BCUT2D eigenvalue weighted by atomic mass is 9.61. The zero-order valence-electron chi connectivity index (χ0n) is 32.6. The number of hydrogen-bond donors (Lipinski definition) is 2. The predicted octanol–water partition coefficient (Wildman–Crippen LogP) is 11.2. The summed E-state index contributed by atoms with van der Waals surface area (Å²) >= 11 is 0. The highest BCUT2D eigenvalue weighted by Gasteiger charge is 2.49. The summed E-state index contributed by atoms with van der Waals surface area (Å²) in [4.78, 5) is 6.08. The van der Waals surface area contributed by atoms with Crippen molar-refractivity contribution in [3.63, 3.8) is 0 Å². The molecule has 0 aliphatic heterocycles. The smallest absolute Gasteiger partial charge is 0.0238 e. The van der Waals surface area contributed by atoms with Crippen LogP contribution < -0.4 is 11.5 Å². The Morgan fingerprint density at radius 1 is 0.522 bits per heavy atom. The molecule has 274 valence electrons. The van der Waals surface area contributed by atoms with E-state index in [2.05, 4.69) is 51.3 Å². The average Bonchev–Trinajstić information content (AvgIpc) is 3.09. The molecule has 4 nitrogen and oxygen atoms in total. The van der Waals surface area contributed by atoms with E-state index in [1.165, 1.54) is 187 Å². The second kappa shape index (κ2) is 23.3. The van der Waals surface area contributed by atoms with Crippen molar-refractivity contribution >= 4 is 0 Å². The largest absolute Gasteiger partial charge is 0.330 e. The number of nitrogens with zero attached hydrogens (tertiary/aromatic N) is 2. The van der Waals surface area contributed by atoms with Gasteiger partial charge in [-0.1, -0.05) is 131 Å². The Labute approximate surface area is 290 Å². The van der Waals surface area contributed by atoms with Gasteiger partial charge in [0.2, 0.25) is 0 Å². The SMILES string of the molecule is CCCCN(CCCC)C1(C(CC)CC(N)(CCCCCN)CC(CC)C2(N(CCCC)CCCC)CCCCC2)CCCCC1. The van der Waals surface area contributed by atoms with E-state index in [1.54, 1.807) is 0 Å². The molecule has 0 saturated heterocycles. The first-order chi connectivity index (χ1) is 22.3. The van der Waals surface area contributed by atoms with Crippen LogP contribution in [0.2, 0.25) is 0 Å². The van der Waals surface area contributed by atoms with Crippen LogP contribution in [0.3, 0.4) is 0 Å². The molecule has 0 aromatic heterocycles. The molecule has 2 aliphatic rings. The van der Waals surface area contributed by atoms with Crippen molar-refractivity contribution in [2.45, 2.75) is 225 Å². The fourth-order valence-corrected chi connectivity index (χ4v) is 10.3. The molecular weight excluding hydrogens is 560 g/mol. The molecule has 0 heterocycles. The van der Waals surface area contributed by atoms with Gasteiger partial charge in [0, 0.05) is 16.6 Å². The maximum absolute atomic E-state index is 8.00. The van der Waals surface area contributed by atoms with Crippen molar-refractivity contribution in [1.29, 1.82) is 0 Å². The highest BCUT2D eigenvalue weighted by atomic mass is 15.2. The number of unbranched alkanes of at least 4 members (excludes halogenated alkanes) is 6. The summed E-state index contributed by atoms with van der Waals surface area (Å²) in [6, 6.07) is 0. The van der Waals surface area contributed by atoms with Crippen LogP contribution in [0, 0.1) is 11.8 Å². The van der Waals surface area contributed by atoms with E-state index in [4.69, 9.17) is 11.5 Å². The van der Waals surface area contributed by atoms with Crippen molar-refractivity contribution in [1.82, 2.24) is 9.80 Å². The summed E-state index contributed by atoms with van der Waals surface area (Å²) in [5.41, 5.74) is 14.6. The van der Waals surface area contributed by atoms with Crippen molar-refractivity contribution in [2.24, 2.45) is 23.3 Å². The molecule has 0 aromatic rings. The fourth-order valence-electron chi connectivity index (χ4n) is 10.3. The van der Waals surface area contributed by atoms with E-state index in [1.807, 2.05) is 0 Å². The second-order valence-electron chi connectivity index (χ2n) is 16.3. The Bertz CT molecular complexity index is 657. The topological polar surface area (TPSA) is 58.5 Å². The zero-order chi connectivity index (χ0) is 33.7. The van der Waals surface area contributed by atoms with Gasteiger partial charge >= 0.3 is 0 Å². The van der Waals surface area contributed by atoms with Crippen molar-refractivity contribution < 1.29 is 0 Å². The minimum absolute atomic E-state index is 0.0901. The second-order valence-corrected chi connectivity index (χ2v) is 16.3. The Morgan fingerprint density at radius 3 is 1.20 bits per heavy atom. The highest BCUT2D eigenvalue weighted by molar-refractivity contribution is 5.06. The minimum Gasteiger partial charge on any atom is -0.330 e. The zero-order valence-corrected chi connectivity index (χ0v) is 32.6. The fraction of sp³-hybridized carbons (Fsp3) is 1.00. The van der Waals surface area contributed by atoms with E-state index >= 15 is 0 Å². The first kappa shape index (κ1) is 42.0. The third-order valence-electron chi connectivity index (χ3n) is 13.0. The van der Waals surface area contributed by atoms with Gasteiger partial charge in [-0.15, -0.1) is 0 Å². The molecule has 4 N–H and O–H groups in total. The van der Waals surface area contributed by atoms with Crippen LogP contribution in [-0.2, 0) is 0 Å². The molecule has 0 bridgehead atoms. The quantitative estimate of drug-likeness (QED) is 0.0872. The summed E-state index contributed by atoms with van der Waals surface area (Å²) in [5, 5.41) is 0. The van der Waals surface area contributed by atoms with Crippen LogP contribution in [0.5, 0.6) is 0 Å². The summed E-state index contributed by atoms with van der Waals surface area (Å²) in [5.74, 6) is 1.38. The Kier molecular flexibility index (Phi) is 21.3. The molecule has 2 atom stereocenters. The van der Waals surface area contributed by atoms with Gasteiger partial charge in [-0.2, -0.15) is 0 Å². The number of rotatable bonds is 27. The molecule has 2 saturated carbocycles. The molecule has 46 heavy (non-hydrogen) atoms. The molecule has 0 aromatic carbocycles. The van der Waals surface area contributed by atoms with Gasteiger partial charge in [0.05, 0.1) is 0 Å². The summed E-state index contributed by atoms with van der Waals surface area (Å²) in [7, 11) is 0. The molecule has 0 radical (unpaired) electrons. The Balaban J connectivity index is 2.52. The van der Waals surface area contributed by atoms with Gasteiger partial charge in [0.15, 0.2) is 0 Å². The molecule has 2 rings (SSSR count). The van der Waals surface area contributed by atoms with E-state index in [-0.39, 0.29) is 5.54 Å². The van der Waals surface area contributed by atoms with E-state index in [0.29, 0.717) is 22.9 Å². The third kappa shape index (κ3) is 12.3. The predicted molar refractivity (Wildman–Crippen MR) is 206 cm³/mol. The van der Waals surface area contributed by atoms with Gasteiger partial charge in [-0.3, -0.25) is 9.80 Å². The number of nitrogens with two attached hydrogens (primary N) is 2. The average molecular weight is 647 g/mol. The maximum atomic E-state index is 8.00. The number of hydrogen-bond acceptors (Lipinski definition) is 4. The van der Waals surface area contributed by atoms with Crippen LogP contribution in [-0.4, -0.2) is 59.1 Å². The molecule has 2 aliphatic carbocycles. The standard InChI is InChI=1S/C42H86N4/c1-7-13-32-45(33-14-8-2)41(27-21-17-22-28-41)38(11-5)36-40(44,26-20-19-25-31-43)37-39(12-6)42(29-23-18-24-30-42)46(34-15-9-3)35-16-10-4/h38-39H,7-37,43-44H2,1-6H3. The monoisotopic (exact) mass is 647 g/mol. The molecular formula is C42H86N4. The van der Waals surface area contributed by atoms with E-state index < -0.39 is 0 Å². The van der Waals surface area contributed by atoms with Crippen LogP contribution in [0.15, 0.2) is 0 Å². The van der Waals surface area contributed by atoms with Crippen LogP contribution in [0.25, 0.3) is 0 Å². The van der Waals surface area contributed by atoms with E-state index in [9.17, 15) is 0 Å². The minimum atomic E-state index is -0.0901. The van der Waals surface area contributed by atoms with Crippen molar-refractivity contribution in [3.8, 4) is 0 Å². The van der Waals surface area contributed by atoms with Gasteiger partial charge in [-0.25, -0.2) is 0 Å². The van der Waals surface area contributed by atoms with Crippen molar-refractivity contribution in [2.75, 3.05) is 32.7 Å². The molecule has 0 amide bonds. The third-order valence-corrected chi connectivity index (χ3v) is 13.0. The van der Waals surface area contributed by atoms with Crippen molar-refractivity contribution in [3.05, 3.63) is 0 Å². The summed E-state index contributed by atoms with van der Waals surface area (Å²) in [6.45, 7) is 20.5. The summed E-state index contributed by atoms with van der Waals surface area (Å²) in [6.07, 6.45) is 34.4. The highest BCUT2D eigenvalue weighted by Crippen LogP contribution is 2.49. The molecule has 4 heteroatoms. The first-order valence-electron chi connectivity index (χ1n) is 21.3. The van der Waals surface area contributed by atoms with Crippen LogP contribution in [0.1, 0.15) is 208 Å². The van der Waals surface area contributed by atoms with Crippen LogP contribution >= 0.6 is 0 Å². The summed E-state index contributed by atoms with van der Waals surface area (Å²) < 4.78 is 0. The lowest BCUT2D eigenvalue weighted by Gasteiger charge is -2.56. The van der Waals surface area contributed by atoms with Gasteiger partial charge in [-0.05, 0) is 122 Å². The first-order valence-corrected chi connectivity index (χ1v) is 21.3. The van der Waals surface area contributed by atoms with Crippen LogP contribution in [0.4, 0.5) is 0 Å². The Morgan fingerprint density at radius 2 is 0.891 bits per heavy atom. The maximum Gasteiger partial charge on any atom is 0.0238 e. The molecule has 2 unspecified atom stereocenters. The lowest BCUT2D eigenvalue weighted by molar-refractivity contribution is -0.0349.